The van der Waals surface area contributed by atoms with Gasteiger partial charge in [-0.1, -0.05) is 13.8 Å². The predicted octanol–water partition coefficient (Wildman–Crippen LogP) is 4.38. The normalized spacial score (nSPS) is 12.4. The van der Waals surface area contributed by atoms with Gasteiger partial charge in [0.15, 0.2) is 0 Å². The van der Waals surface area contributed by atoms with Crippen molar-refractivity contribution < 1.29 is 9.13 Å². The van der Waals surface area contributed by atoms with Gasteiger partial charge in [0, 0.05) is 18.7 Å². The SMILES string of the molecule is COC(C)(C)c1c(C(C)C)cnc2ccc(F)cc12. The molecule has 1 aromatic carbocycles. The van der Waals surface area contributed by atoms with Crippen LogP contribution in [0.15, 0.2) is 24.4 Å². The summed E-state index contributed by atoms with van der Waals surface area (Å²) in [5.41, 5.74) is 2.44. The number of nitrogens with zero attached hydrogens (tertiary/aromatic N) is 1. The van der Waals surface area contributed by atoms with Gasteiger partial charge in [-0.05, 0) is 49.1 Å². The third-order valence-electron chi connectivity index (χ3n) is 3.59. The molecule has 0 unspecified atom stereocenters. The molecule has 0 radical (unpaired) electrons. The molecule has 0 atom stereocenters. The van der Waals surface area contributed by atoms with Gasteiger partial charge in [-0.25, -0.2) is 4.39 Å². The Labute approximate surface area is 113 Å². The van der Waals surface area contributed by atoms with Crippen molar-refractivity contribution in [2.45, 2.75) is 39.2 Å². The summed E-state index contributed by atoms with van der Waals surface area (Å²) in [6, 6.07) is 4.70. The van der Waals surface area contributed by atoms with Crippen LogP contribution in [0.2, 0.25) is 0 Å². The molecule has 102 valence electrons. The molecule has 0 fully saturated rings. The summed E-state index contributed by atoms with van der Waals surface area (Å²) in [5.74, 6) is 0.0629. The van der Waals surface area contributed by atoms with Gasteiger partial charge in [0.1, 0.15) is 5.82 Å². The summed E-state index contributed by atoms with van der Waals surface area (Å²) in [7, 11) is 1.68. The lowest BCUT2D eigenvalue weighted by atomic mass is 9.86. The molecule has 1 aromatic heterocycles. The molecule has 2 aromatic rings. The number of hydrogen-bond donors (Lipinski definition) is 0. The van der Waals surface area contributed by atoms with Crippen molar-refractivity contribution in [2.24, 2.45) is 0 Å². The van der Waals surface area contributed by atoms with Crippen molar-refractivity contribution in [1.82, 2.24) is 4.98 Å². The maximum atomic E-state index is 13.6. The van der Waals surface area contributed by atoms with Gasteiger partial charge in [0.25, 0.3) is 0 Å². The third kappa shape index (κ3) is 2.47. The standard InChI is InChI=1S/C16H20FNO/c1-10(2)13-9-18-14-7-6-11(17)8-12(14)15(13)16(3,4)19-5/h6-10H,1-5H3. The summed E-state index contributed by atoms with van der Waals surface area (Å²) in [6.45, 7) is 8.21. The number of benzene rings is 1. The molecule has 0 amide bonds. The van der Waals surface area contributed by atoms with Crippen molar-refractivity contribution in [3.05, 3.63) is 41.3 Å². The van der Waals surface area contributed by atoms with Gasteiger partial charge < -0.3 is 4.74 Å². The van der Waals surface area contributed by atoms with E-state index in [0.29, 0.717) is 5.92 Å². The van der Waals surface area contributed by atoms with Crippen LogP contribution in [-0.4, -0.2) is 12.1 Å². The van der Waals surface area contributed by atoms with E-state index in [-0.39, 0.29) is 5.82 Å². The van der Waals surface area contributed by atoms with Gasteiger partial charge in [-0.3, -0.25) is 4.98 Å². The molecular weight excluding hydrogens is 241 g/mol. The average molecular weight is 261 g/mol. The molecule has 0 spiro atoms. The fraction of sp³-hybridized carbons (Fsp3) is 0.438. The maximum absolute atomic E-state index is 13.6. The Hall–Kier alpha value is -1.48. The van der Waals surface area contributed by atoms with E-state index in [4.69, 9.17) is 4.74 Å². The summed E-state index contributed by atoms with van der Waals surface area (Å²) in [4.78, 5) is 4.43. The maximum Gasteiger partial charge on any atom is 0.123 e. The van der Waals surface area contributed by atoms with E-state index in [2.05, 4.69) is 18.8 Å². The summed E-state index contributed by atoms with van der Waals surface area (Å²) < 4.78 is 19.2. The van der Waals surface area contributed by atoms with Crippen molar-refractivity contribution in [1.29, 1.82) is 0 Å². The number of halogens is 1. The number of methoxy groups -OCH3 is 1. The Morgan fingerprint density at radius 2 is 1.95 bits per heavy atom. The quantitative estimate of drug-likeness (QED) is 0.818. The van der Waals surface area contributed by atoms with Gasteiger partial charge in [-0.15, -0.1) is 0 Å². The zero-order valence-electron chi connectivity index (χ0n) is 12.1. The Kier molecular flexibility index (Phi) is 3.59. The summed E-state index contributed by atoms with van der Waals surface area (Å²) in [5, 5.41) is 0.832. The smallest absolute Gasteiger partial charge is 0.123 e. The molecule has 0 aliphatic heterocycles. The largest absolute Gasteiger partial charge is 0.374 e. The fourth-order valence-electron chi connectivity index (χ4n) is 2.39. The summed E-state index contributed by atoms with van der Waals surface area (Å²) >= 11 is 0. The Bertz CT molecular complexity index is 605. The van der Waals surface area contributed by atoms with E-state index in [0.717, 1.165) is 22.0 Å². The monoisotopic (exact) mass is 261 g/mol. The minimum absolute atomic E-state index is 0.247. The zero-order chi connectivity index (χ0) is 14.2. The van der Waals surface area contributed by atoms with Crippen molar-refractivity contribution >= 4 is 10.9 Å². The van der Waals surface area contributed by atoms with E-state index in [9.17, 15) is 4.39 Å². The first-order chi connectivity index (χ1) is 8.86. The average Bonchev–Trinajstić information content (AvgIpc) is 2.36. The van der Waals surface area contributed by atoms with Crippen LogP contribution < -0.4 is 0 Å². The highest BCUT2D eigenvalue weighted by Gasteiger charge is 2.27. The lowest BCUT2D eigenvalue weighted by Gasteiger charge is -2.29. The number of aromatic nitrogens is 1. The summed E-state index contributed by atoms with van der Waals surface area (Å²) in [6.07, 6.45) is 1.88. The van der Waals surface area contributed by atoms with E-state index in [1.165, 1.54) is 6.07 Å². The van der Waals surface area contributed by atoms with Crippen LogP contribution in [0.3, 0.4) is 0 Å². The number of pyridine rings is 1. The highest BCUT2D eigenvalue weighted by atomic mass is 19.1. The number of rotatable bonds is 3. The Balaban J connectivity index is 2.87. The lowest BCUT2D eigenvalue weighted by molar-refractivity contribution is 0.0195. The first-order valence-corrected chi connectivity index (χ1v) is 6.50. The predicted molar refractivity (Wildman–Crippen MR) is 75.8 cm³/mol. The van der Waals surface area contributed by atoms with E-state index in [1.54, 1.807) is 19.2 Å². The van der Waals surface area contributed by atoms with Gasteiger partial charge >= 0.3 is 0 Å². The van der Waals surface area contributed by atoms with E-state index >= 15 is 0 Å². The fourth-order valence-corrected chi connectivity index (χ4v) is 2.39. The molecule has 2 rings (SSSR count). The molecule has 1 heterocycles. The highest BCUT2D eigenvalue weighted by molar-refractivity contribution is 5.84. The molecule has 2 nitrogen and oxygen atoms in total. The van der Waals surface area contributed by atoms with Crippen LogP contribution in [0.1, 0.15) is 44.7 Å². The van der Waals surface area contributed by atoms with Crippen molar-refractivity contribution in [3.63, 3.8) is 0 Å². The first-order valence-electron chi connectivity index (χ1n) is 6.50. The highest BCUT2D eigenvalue weighted by Crippen LogP contribution is 2.36. The van der Waals surface area contributed by atoms with Gasteiger partial charge in [-0.2, -0.15) is 0 Å². The molecule has 3 heteroatoms. The molecule has 0 bridgehead atoms. The molecule has 19 heavy (non-hydrogen) atoms. The van der Waals surface area contributed by atoms with E-state index in [1.807, 2.05) is 20.0 Å². The second-order valence-corrected chi connectivity index (χ2v) is 5.62. The van der Waals surface area contributed by atoms with Crippen LogP contribution >= 0.6 is 0 Å². The van der Waals surface area contributed by atoms with Crippen LogP contribution in [-0.2, 0) is 10.3 Å². The Morgan fingerprint density at radius 1 is 1.26 bits per heavy atom. The van der Waals surface area contributed by atoms with Crippen LogP contribution in [0, 0.1) is 5.82 Å². The van der Waals surface area contributed by atoms with Crippen LogP contribution in [0.25, 0.3) is 10.9 Å². The van der Waals surface area contributed by atoms with Gasteiger partial charge in [0.2, 0.25) is 0 Å². The van der Waals surface area contributed by atoms with E-state index < -0.39 is 5.60 Å². The number of hydrogen-bond acceptors (Lipinski definition) is 2. The van der Waals surface area contributed by atoms with Crippen LogP contribution in [0.4, 0.5) is 4.39 Å². The zero-order valence-corrected chi connectivity index (χ0v) is 12.1. The second kappa shape index (κ2) is 4.89. The lowest BCUT2D eigenvalue weighted by Crippen LogP contribution is -2.23. The molecule has 0 aliphatic carbocycles. The number of fused-ring (bicyclic) bond motifs is 1. The topological polar surface area (TPSA) is 22.1 Å². The molecule has 0 N–H and O–H groups in total. The van der Waals surface area contributed by atoms with Crippen LogP contribution in [0.5, 0.6) is 0 Å². The van der Waals surface area contributed by atoms with Crippen molar-refractivity contribution in [2.75, 3.05) is 7.11 Å². The molecule has 0 saturated carbocycles. The minimum Gasteiger partial charge on any atom is -0.374 e. The molecular formula is C16H20FNO. The molecule has 0 aliphatic rings. The third-order valence-corrected chi connectivity index (χ3v) is 3.59. The minimum atomic E-state index is -0.478. The number of ether oxygens (including phenoxy) is 1. The first kappa shape index (κ1) is 13.9. The second-order valence-electron chi connectivity index (χ2n) is 5.62. The van der Waals surface area contributed by atoms with Gasteiger partial charge in [0.05, 0.1) is 11.1 Å². The van der Waals surface area contributed by atoms with Crippen molar-refractivity contribution in [3.8, 4) is 0 Å². The molecule has 0 saturated heterocycles. The Morgan fingerprint density at radius 3 is 2.53 bits per heavy atom.